The lowest BCUT2D eigenvalue weighted by molar-refractivity contribution is 0.757. The number of rotatable bonds is 2. The van der Waals surface area contributed by atoms with Crippen molar-refractivity contribution in [1.29, 1.82) is 0 Å². The van der Waals surface area contributed by atoms with Crippen molar-refractivity contribution in [2.45, 2.75) is 47.1 Å². The molecule has 70 valence electrons. The number of hydrogen-bond donors (Lipinski definition) is 0. The topological polar surface area (TPSA) is 17.8 Å². The summed E-state index contributed by atoms with van der Waals surface area (Å²) in [6.07, 6.45) is 3.99. The Morgan fingerprint density at radius 3 is 2.25 bits per heavy atom. The molecule has 1 aromatic rings. The molecule has 12 heavy (non-hydrogen) atoms. The van der Waals surface area contributed by atoms with Gasteiger partial charge in [-0.1, -0.05) is 27.7 Å². The minimum Gasteiger partial charge on any atom is -0.337 e. The Hall–Kier alpha value is -0.790. The first-order valence-corrected chi connectivity index (χ1v) is 4.75. The van der Waals surface area contributed by atoms with E-state index in [2.05, 4.69) is 36.5 Å². The third-order valence-corrected chi connectivity index (χ3v) is 1.61. The number of imidazole rings is 1. The SMILES string of the molecule is CC.CCn1cnc(C(C)C)c1. The fourth-order valence-corrected chi connectivity index (χ4v) is 0.848. The van der Waals surface area contributed by atoms with Crippen molar-refractivity contribution < 1.29 is 0 Å². The van der Waals surface area contributed by atoms with Gasteiger partial charge in [0.2, 0.25) is 0 Å². The van der Waals surface area contributed by atoms with E-state index in [-0.39, 0.29) is 0 Å². The highest BCUT2D eigenvalue weighted by atomic mass is 15.0. The monoisotopic (exact) mass is 168 g/mol. The average molecular weight is 168 g/mol. The van der Waals surface area contributed by atoms with Gasteiger partial charge in [-0.25, -0.2) is 4.98 Å². The van der Waals surface area contributed by atoms with Crippen LogP contribution in [0.3, 0.4) is 0 Å². The van der Waals surface area contributed by atoms with Crippen molar-refractivity contribution in [3.8, 4) is 0 Å². The summed E-state index contributed by atoms with van der Waals surface area (Å²) in [5.41, 5.74) is 1.18. The maximum Gasteiger partial charge on any atom is 0.0949 e. The summed E-state index contributed by atoms with van der Waals surface area (Å²) in [4.78, 5) is 4.25. The molecule has 1 rings (SSSR count). The maximum absolute atomic E-state index is 4.25. The molecular formula is C10H20N2. The molecule has 0 fully saturated rings. The number of nitrogens with zero attached hydrogens (tertiary/aromatic N) is 2. The molecule has 0 aliphatic carbocycles. The van der Waals surface area contributed by atoms with Crippen molar-refractivity contribution in [2.24, 2.45) is 0 Å². The van der Waals surface area contributed by atoms with Gasteiger partial charge in [-0.3, -0.25) is 0 Å². The summed E-state index contributed by atoms with van der Waals surface area (Å²) >= 11 is 0. The minimum absolute atomic E-state index is 0.549. The zero-order chi connectivity index (χ0) is 9.56. The smallest absolute Gasteiger partial charge is 0.0949 e. The van der Waals surface area contributed by atoms with Crippen LogP contribution in [0, 0.1) is 0 Å². The third-order valence-electron chi connectivity index (χ3n) is 1.61. The minimum atomic E-state index is 0.549. The molecule has 0 atom stereocenters. The van der Waals surface area contributed by atoms with Gasteiger partial charge >= 0.3 is 0 Å². The molecule has 0 saturated heterocycles. The van der Waals surface area contributed by atoms with E-state index in [1.54, 1.807) is 0 Å². The summed E-state index contributed by atoms with van der Waals surface area (Å²) in [6.45, 7) is 11.4. The van der Waals surface area contributed by atoms with E-state index in [1.165, 1.54) is 5.69 Å². The molecule has 0 saturated carbocycles. The van der Waals surface area contributed by atoms with Crippen LogP contribution in [0.2, 0.25) is 0 Å². The molecule has 0 N–H and O–H groups in total. The Morgan fingerprint density at radius 1 is 1.42 bits per heavy atom. The Kier molecular flexibility index (Phi) is 5.43. The van der Waals surface area contributed by atoms with E-state index in [0.717, 1.165) is 6.54 Å². The van der Waals surface area contributed by atoms with Crippen molar-refractivity contribution in [1.82, 2.24) is 9.55 Å². The van der Waals surface area contributed by atoms with Gasteiger partial charge in [0.15, 0.2) is 0 Å². The van der Waals surface area contributed by atoms with Gasteiger partial charge in [-0.2, -0.15) is 0 Å². The lowest BCUT2D eigenvalue weighted by Crippen LogP contribution is -1.88. The van der Waals surface area contributed by atoms with E-state index in [0.29, 0.717) is 5.92 Å². The normalized spacial score (nSPS) is 9.50. The van der Waals surface area contributed by atoms with E-state index >= 15 is 0 Å². The van der Waals surface area contributed by atoms with Crippen LogP contribution in [0.5, 0.6) is 0 Å². The number of aromatic nitrogens is 2. The summed E-state index contributed by atoms with van der Waals surface area (Å²) in [6, 6.07) is 0. The highest BCUT2D eigenvalue weighted by Crippen LogP contribution is 2.09. The first-order valence-electron chi connectivity index (χ1n) is 4.75. The maximum atomic E-state index is 4.25. The average Bonchev–Trinajstić information content (AvgIpc) is 2.55. The molecule has 1 aromatic heterocycles. The summed E-state index contributed by atoms with van der Waals surface area (Å²) < 4.78 is 2.09. The molecule has 0 unspecified atom stereocenters. The molecule has 0 aliphatic heterocycles. The second kappa shape index (κ2) is 5.81. The zero-order valence-electron chi connectivity index (χ0n) is 8.83. The molecule has 2 nitrogen and oxygen atoms in total. The second-order valence-electron chi connectivity index (χ2n) is 2.78. The van der Waals surface area contributed by atoms with Gasteiger partial charge in [0.05, 0.1) is 12.0 Å². The Balaban J connectivity index is 0.000000561. The third kappa shape index (κ3) is 3.07. The lowest BCUT2D eigenvalue weighted by Gasteiger charge is -1.96. The van der Waals surface area contributed by atoms with E-state index in [1.807, 2.05) is 20.2 Å². The standard InChI is InChI=1S/C8H14N2.C2H6/c1-4-10-5-8(7(2)3)9-6-10;1-2/h5-7H,4H2,1-3H3;1-2H3. The largest absolute Gasteiger partial charge is 0.337 e. The first-order chi connectivity index (χ1) is 5.74. The number of aryl methyl sites for hydroxylation is 1. The van der Waals surface area contributed by atoms with Gasteiger partial charge in [-0.15, -0.1) is 0 Å². The highest BCUT2D eigenvalue weighted by molar-refractivity contribution is 5.01. The first kappa shape index (κ1) is 11.2. The number of hydrogen-bond acceptors (Lipinski definition) is 1. The molecule has 0 spiro atoms. The summed E-state index contributed by atoms with van der Waals surface area (Å²) in [7, 11) is 0. The molecule has 0 aliphatic rings. The summed E-state index contributed by atoms with van der Waals surface area (Å²) in [5, 5.41) is 0. The van der Waals surface area contributed by atoms with Crippen LogP contribution in [-0.4, -0.2) is 9.55 Å². The van der Waals surface area contributed by atoms with Gasteiger partial charge in [0, 0.05) is 12.7 Å². The second-order valence-corrected chi connectivity index (χ2v) is 2.78. The van der Waals surface area contributed by atoms with Crippen LogP contribution >= 0.6 is 0 Å². The lowest BCUT2D eigenvalue weighted by atomic mass is 10.2. The Morgan fingerprint density at radius 2 is 2.00 bits per heavy atom. The van der Waals surface area contributed by atoms with Crippen LogP contribution in [0.1, 0.15) is 46.2 Å². The van der Waals surface area contributed by atoms with E-state index in [9.17, 15) is 0 Å². The van der Waals surface area contributed by atoms with Gasteiger partial charge in [0.1, 0.15) is 0 Å². The summed E-state index contributed by atoms with van der Waals surface area (Å²) in [5.74, 6) is 0.549. The van der Waals surface area contributed by atoms with Crippen LogP contribution in [0.25, 0.3) is 0 Å². The molecule has 0 amide bonds. The van der Waals surface area contributed by atoms with E-state index < -0.39 is 0 Å². The Bertz CT molecular complexity index is 201. The van der Waals surface area contributed by atoms with Gasteiger partial charge in [0.25, 0.3) is 0 Å². The van der Waals surface area contributed by atoms with Crippen LogP contribution in [0.15, 0.2) is 12.5 Å². The van der Waals surface area contributed by atoms with Crippen molar-refractivity contribution in [2.75, 3.05) is 0 Å². The molecule has 0 radical (unpaired) electrons. The highest BCUT2D eigenvalue weighted by Gasteiger charge is 2.00. The molecular weight excluding hydrogens is 148 g/mol. The molecule has 1 heterocycles. The van der Waals surface area contributed by atoms with Crippen LogP contribution in [-0.2, 0) is 6.54 Å². The van der Waals surface area contributed by atoms with Gasteiger partial charge < -0.3 is 4.57 Å². The van der Waals surface area contributed by atoms with Crippen molar-refractivity contribution >= 4 is 0 Å². The zero-order valence-corrected chi connectivity index (χ0v) is 8.83. The molecule has 2 heteroatoms. The quantitative estimate of drug-likeness (QED) is 0.663. The molecule has 0 bridgehead atoms. The predicted molar refractivity (Wildman–Crippen MR) is 53.3 cm³/mol. The van der Waals surface area contributed by atoms with Crippen LogP contribution < -0.4 is 0 Å². The Labute approximate surface area is 75.6 Å². The van der Waals surface area contributed by atoms with Gasteiger partial charge in [-0.05, 0) is 12.8 Å². The molecule has 0 aromatic carbocycles. The van der Waals surface area contributed by atoms with Crippen LogP contribution in [0.4, 0.5) is 0 Å². The van der Waals surface area contributed by atoms with Crippen molar-refractivity contribution in [3.63, 3.8) is 0 Å². The fraction of sp³-hybridized carbons (Fsp3) is 0.700. The van der Waals surface area contributed by atoms with Crippen molar-refractivity contribution in [3.05, 3.63) is 18.2 Å². The fourth-order valence-electron chi connectivity index (χ4n) is 0.848. The van der Waals surface area contributed by atoms with E-state index in [4.69, 9.17) is 0 Å². The predicted octanol–water partition coefficient (Wildman–Crippen LogP) is 3.05.